The van der Waals surface area contributed by atoms with E-state index in [4.69, 9.17) is 0 Å². The van der Waals surface area contributed by atoms with Crippen molar-refractivity contribution in [3.63, 3.8) is 0 Å². The van der Waals surface area contributed by atoms with Gasteiger partial charge in [-0.2, -0.15) is 13.2 Å². The van der Waals surface area contributed by atoms with E-state index in [2.05, 4.69) is 5.32 Å². The molecule has 0 aromatic rings. The molecule has 1 saturated heterocycles. The van der Waals surface area contributed by atoms with Crippen LogP contribution in [0.3, 0.4) is 0 Å². The summed E-state index contributed by atoms with van der Waals surface area (Å²) in [4.78, 5) is 12.8. The van der Waals surface area contributed by atoms with Gasteiger partial charge in [0.1, 0.15) is 0 Å². The van der Waals surface area contributed by atoms with E-state index in [1.807, 2.05) is 6.92 Å². The van der Waals surface area contributed by atoms with Gasteiger partial charge in [-0.15, -0.1) is 0 Å². The quantitative estimate of drug-likeness (QED) is 0.744. The first-order valence-electron chi connectivity index (χ1n) is 5.22. The summed E-state index contributed by atoms with van der Waals surface area (Å²) in [5, 5.41) is 3.24. The maximum Gasteiger partial charge on any atom is 0.454 e. The Bertz CT molecular complexity index is 337. The Kier molecular flexibility index (Phi) is 2.69. The number of rotatable bonds is 1. The summed E-state index contributed by atoms with van der Waals surface area (Å²) in [6.45, 7) is 2.62. The Balaban J connectivity index is 2.14. The topological polar surface area (TPSA) is 32.3 Å². The summed E-state index contributed by atoms with van der Waals surface area (Å²) in [6, 6.07) is 0.251. The summed E-state index contributed by atoms with van der Waals surface area (Å²) in [5.74, 6) is -1.70. The van der Waals surface area contributed by atoms with Gasteiger partial charge in [-0.25, -0.2) is 0 Å². The Morgan fingerprint density at radius 1 is 1.56 bits per heavy atom. The molecule has 2 heterocycles. The van der Waals surface area contributed by atoms with E-state index in [1.165, 1.54) is 6.20 Å². The number of carbonyl (C=O) groups is 1. The van der Waals surface area contributed by atoms with Crippen molar-refractivity contribution in [1.29, 1.82) is 0 Å². The number of ketones is 1. The fraction of sp³-hybridized carbons (Fsp3) is 0.700. The van der Waals surface area contributed by atoms with Gasteiger partial charge in [0.25, 0.3) is 5.78 Å². The van der Waals surface area contributed by atoms with Crippen LogP contribution in [0.1, 0.15) is 19.8 Å². The third-order valence-electron chi connectivity index (χ3n) is 2.92. The SMILES string of the molecule is C[C@@H]1CN2C=C(C(=O)C(F)(F)F)CC[C@H]2N1. The standard InChI is InChI=1S/C10H13F3N2O/c1-6-4-15-5-7(2-3-8(15)14-6)9(16)10(11,12)13/h5-6,8,14H,2-4H2,1H3/t6-,8+/m1/s1. The lowest BCUT2D eigenvalue weighted by Crippen LogP contribution is -2.38. The lowest BCUT2D eigenvalue weighted by atomic mass is 10.0. The highest BCUT2D eigenvalue weighted by molar-refractivity contribution is 5.99. The predicted octanol–water partition coefficient (Wildman–Crippen LogP) is 1.42. The Labute approximate surface area is 91.3 Å². The molecule has 0 spiro atoms. The first-order chi connectivity index (χ1) is 7.38. The molecule has 0 aliphatic carbocycles. The van der Waals surface area contributed by atoms with Gasteiger partial charge < -0.3 is 4.90 Å². The average Bonchev–Trinajstić information content (AvgIpc) is 2.54. The molecule has 1 N–H and O–H groups in total. The molecule has 90 valence electrons. The number of alkyl halides is 3. The minimum Gasteiger partial charge on any atom is -0.360 e. The fourth-order valence-corrected chi connectivity index (χ4v) is 2.22. The molecule has 2 aliphatic rings. The van der Waals surface area contributed by atoms with Gasteiger partial charge in [-0.05, 0) is 19.8 Å². The van der Waals surface area contributed by atoms with Gasteiger partial charge >= 0.3 is 6.18 Å². The lowest BCUT2D eigenvalue weighted by molar-refractivity contribution is -0.166. The maximum absolute atomic E-state index is 12.2. The number of carbonyl (C=O) groups excluding carboxylic acids is 1. The van der Waals surface area contributed by atoms with Gasteiger partial charge in [0.2, 0.25) is 0 Å². The average molecular weight is 234 g/mol. The Hall–Kier alpha value is -1.04. The summed E-state index contributed by atoms with van der Waals surface area (Å²) >= 11 is 0. The van der Waals surface area contributed by atoms with Crippen molar-refractivity contribution in [2.45, 2.75) is 38.1 Å². The number of fused-ring (bicyclic) bond motifs is 1. The van der Waals surface area contributed by atoms with Crippen LogP contribution in [0.15, 0.2) is 11.8 Å². The minimum atomic E-state index is -4.75. The number of Topliss-reactive ketones (excluding diaryl/α,β-unsaturated/α-hetero) is 1. The zero-order valence-corrected chi connectivity index (χ0v) is 8.84. The predicted molar refractivity (Wildman–Crippen MR) is 51.5 cm³/mol. The monoisotopic (exact) mass is 234 g/mol. The Morgan fingerprint density at radius 3 is 2.88 bits per heavy atom. The molecule has 0 unspecified atom stereocenters. The molecule has 0 aromatic heterocycles. The van der Waals surface area contributed by atoms with Crippen LogP contribution in [0.5, 0.6) is 0 Å². The molecule has 2 atom stereocenters. The molecule has 6 heteroatoms. The van der Waals surface area contributed by atoms with Crippen molar-refractivity contribution in [3.05, 3.63) is 11.8 Å². The van der Waals surface area contributed by atoms with Crippen LogP contribution in [0, 0.1) is 0 Å². The second kappa shape index (κ2) is 3.76. The normalized spacial score (nSPS) is 30.0. The molecule has 0 amide bonds. The van der Waals surface area contributed by atoms with E-state index >= 15 is 0 Å². The summed E-state index contributed by atoms with van der Waals surface area (Å²) in [7, 11) is 0. The van der Waals surface area contributed by atoms with Crippen LogP contribution in [0.25, 0.3) is 0 Å². The third kappa shape index (κ3) is 2.07. The van der Waals surface area contributed by atoms with Crippen molar-refractivity contribution in [3.8, 4) is 0 Å². The van der Waals surface area contributed by atoms with Gasteiger partial charge in [0.05, 0.1) is 6.17 Å². The highest BCUT2D eigenvalue weighted by atomic mass is 19.4. The van der Waals surface area contributed by atoms with E-state index in [0.29, 0.717) is 13.0 Å². The minimum absolute atomic E-state index is 0.0831. The fourth-order valence-electron chi connectivity index (χ4n) is 2.22. The number of hydrogen-bond donors (Lipinski definition) is 1. The van der Waals surface area contributed by atoms with E-state index < -0.39 is 12.0 Å². The number of halogens is 3. The van der Waals surface area contributed by atoms with Crippen molar-refractivity contribution in [1.82, 2.24) is 10.2 Å². The van der Waals surface area contributed by atoms with Gasteiger partial charge in [-0.1, -0.05) is 0 Å². The number of allylic oxidation sites excluding steroid dienone is 1. The molecule has 0 saturated carbocycles. The molecule has 0 bridgehead atoms. The summed E-state index contributed by atoms with van der Waals surface area (Å²) < 4.78 is 36.7. The number of hydrogen-bond acceptors (Lipinski definition) is 3. The van der Waals surface area contributed by atoms with Crippen LogP contribution in [-0.4, -0.2) is 35.6 Å². The molecule has 0 radical (unpaired) electrons. The number of nitrogens with zero attached hydrogens (tertiary/aromatic N) is 1. The summed E-state index contributed by atoms with van der Waals surface area (Å²) in [6.07, 6.45) is -2.56. The molecular formula is C10H13F3N2O. The van der Waals surface area contributed by atoms with Crippen LogP contribution in [0.2, 0.25) is 0 Å². The molecule has 1 fully saturated rings. The van der Waals surface area contributed by atoms with E-state index in [-0.39, 0.29) is 24.2 Å². The van der Waals surface area contributed by atoms with Gasteiger partial charge in [0.15, 0.2) is 0 Å². The highest BCUT2D eigenvalue weighted by Crippen LogP contribution is 2.29. The van der Waals surface area contributed by atoms with E-state index in [9.17, 15) is 18.0 Å². The zero-order chi connectivity index (χ0) is 11.9. The first kappa shape index (κ1) is 11.4. The van der Waals surface area contributed by atoms with Crippen molar-refractivity contribution >= 4 is 5.78 Å². The van der Waals surface area contributed by atoms with Crippen LogP contribution in [-0.2, 0) is 4.79 Å². The second-order valence-electron chi connectivity index (χ2n) is 4.30. The zero-order valence-electron chi connectivity index (χ0n) is 8.84. The second-order valence-corrected chi connectivity index (χ2v) is 4.30. The van der Waals surface area contributed by atoms with Crippen LogP contribution in [0.4, 0.5) is 13.2 Å². The first-order valence-corrected chi connectivity index (χ1v) is 5.22. The van der Waals surface area contributed by atoms with Gasteiger partial charge in [0, 0.05) is 24.4 Å². The smallest absolute Gasteiger partial charge is 0.360 e. The van der Waals surface area contributed by atoms with Crippen molar-refractivity contribution in [2.75, 3.05) is 6.54 Å². The molecule has 2 aliphatic heterocycles. The van der Waals surface area contributed by atoms with E-state index in [1.54, 1.807) is 4.90 Å². The number of nitrogens with one attached hydrogen (secondary N) is 1. The lowest BCUT2D eigenvalue weighted by Gasteiger charge is -2.28. The molecular weight excluding hydrogens is 221 g/mol. The van der Waals surface area contributed by atoms with Crippen molar-refractivity contribution < 1.29 is 18.0 Å². The molecule has 0 aromatic carbocycles. The van der Waals surface area contributed by atoms with Gasteiger partial charge in [-0.3, -0.25) is 10.1 Å². The van der Waals surface area contributed by atoms with E-state index in [0.717, 1.165) is 0 Å². The maximum atomic E-state index is 12.2. The third-order valence-corrected chi connectivity index (χ3v) is 2.92. The van der Waals surface area contributed by atoms with Crippen molar-refractivity contribution in [2.24, 2.45) is 0 Å². The highest BCUT2D eigenvalue weighted by Gasteiger charge is 2.42. The summed E-state index contributed by atoms with van der Waals surface area (Å²) in [5.41, 5.74) is -0.125. The Morgan fingerprint density at radius 2 is 2.25 bits per heavy atom. The molecule has 3 nitrogen and oxygen atoms in total. The largest absolute Gasteiger partial charge is 0.454 e. The molecule has 2 rings (SSSR count). The van der Waals surface area contributed by atoms with Crippen LogP contribution >= 0.6 is 0 Å². The van der Waals surface area contributed by atoms with Crippen LogP contribution < -0.4 is 5.32 Å². The molecule has 16 heavy (non-hydrogen) atoms.